The summed E-state index contributed by atoms with van der Waals surface area (Å²) >= 11 is 0. The van der Waals surface area contributed by atoms with Crippen molar-refractivity contribution in [3.8, 4) is 0 Å². The largest absolute Gasteiger partial charge is 0.459 e. The average Bonchev–Trinajstić information content (AvgIpc) is 3.03. The van der Waals surface area contributed by atoms with E-state index >= 15 is 0 Å². The zero-order valence-corrected chi connectivity index (χ0v) is 13.5. The molecule has 0 saturated carbocycles. The highest BCUT2D eigenvalue weighted by molar-refractivity contribution is 6.04. The topological polar surface area (TPSA) is 82.1 Å². The minimum atomic E-state index is -0.278. The molecule has 3 heterocycles. The fraction of sp³-hybridized carbons (Fsp3) is 0.438. The van der Waals surface area contributed by atoms with Crippen LogP contribution in [-0.2, 0) is 17.9 Å². The highest BCUT2D eigenvalue weighted by atomic mass is 16.3. The molecule has 3 rings (SSSR count). The first-order valence-corrected chi connectivity index (χ1v) is 7.82. The molecular weight excluding hydrogens is 296 g/mol. The maximum absolute atomic E-state index is 12.7. The number of hydrogen-bond donors (Lipinski definition) is 1. The second kappa shape index (κ2) is 5.91. The SMILES string of the molecule is CCCNC(=O)Cn1ncc2c3oc(C)cc3n(CC)c2c1=O. The second-order valence-corrected chi connectivity index (χ2v) is 5.54. The molecule has 0 aliphatic heterocycles. The molecule has 7 heteroatoms. The van der Waals surface area contributed by atoms with Gasteiger partial charge in [-0.15, -0.1) is 0 Å². The van der Waals surface area contributed by atoms with E-state index in [1.165, 1.54) is 4.68 Å². The zero-order valence-electron chi connectivity index (χ0n) is 13.5. The quantitative estimate of drug-likeness (QED) is 0.778. The van der Waals surface area contributed by atoms with Gasteiger partial charge in [0.25, 0.3) is 5.56 Å². The lowest BCUT2D eigenvalue weighted by molar-refractivity contribution is -0.121. The number of aromatic nitrogens is 3. The molecule has 0 bridgehead atoms. The summed E-state index contributed by atoms with van der Waals surface area (Å²) in [6, 6.07) is 1.91. The Balaban J connectivity index is 2.12. The number of amides is 1. The highest BCUT2D eigenvalue weighted by Gasteiger charge is 2.19. The molecule has 0 unspecified atom stereocenters. The summed E-state index contributed by atoms with van der Waals surface area (Å²) in [4.78, 5) is 24.6. The number of rotatable bonds is 5. The van der Waals surface area contributed by atoms with Gasteiger partial charge in [-0.25, -0.2) is 4.68 Å². The first-order chi connectivity index (χ1) is 11.1. The Morgan fingerprint density at radius 2 is 2.17 bits per heavy atom. The smallest absolute Gasteiger partial charge is 0.291 e. The number of nitrogens with one attached hydrogen (secondary N) is 1. The molecule has 3 aromatic heterocycles. The summed E-state index contributed by atoms with van der Waals surface area (Å²) < 4.78 is 8.81. The van der Waals surface area contributed by atoms with Gasteiger partial charge in [0.15, 0.2) is 5.58 Å². The van der Waals surface area contributed by atoms with Crippen molar-refractivity contribution in [1.82, 2.24) is 19.7 Å². The number of carbonyl (C=O) groups is 1. The lowest BCUT2D eigenvalue weighted by Gasteiger charge is -2.07. The van der Waals surface area contributed by atoms with Crippen LogP contribution in [-0.4, -0.2) is 26.8 Å². The van der Waals surface area contributed by atoms with Crippen molar-refractivity contribution < 1.29 is 9.21 Å². The van der Waals surface area contributed by atoms with Gasteiger partial charge in [-0.1, -0.05) is 6.92 Å². The highest BCUT2D eigenvalue weighted by Crippen LogP contribution is 2.29. The number of aryl methyl sites for hydroxylation is 2. The summed E-state index contributed by atoms with van der Waals surface area (Å²) in [5.74, 6) is 0.581. The van der Waals surface area contributed by atoms with Crippen LogP contribution in [0.1, 0.15) is 26.0 Å². The van der Waals surface area contributed by atoms with E-state index < -0.39 is 0 Å². The standard InChI is InChI=1S/C16H20N4O3/c1-4-6-17-13(21)9-20-16(22)14-11(8-18-20)15-12(19(14)5-2)7-10(3)23-15/h7-8H,4-6,9H2,1-3H3,(H,17,21). The lowest BCUT2D eigenvalue weighted by atomic mass is 10.3. The van der Waals surface area contributed by atoms with Crippen LogP contribution in [0.15, 0.2) is 21.5 Å². The van der Waals surface area contributed by atoms with Crippen molar-refractivity contribution >= 4 is 27.9 Å². The Morgan fingerprint density at radius 3 is 2.87 bits per heavy atom. The first kappa shape index (κ1) is 15.3. The number of nitrogens with zero attached hydrogens (tertiary/aromatic N) is 3. The van der Waals surface area contributed by atoms with Crippen LogP contribution in [0.2, 0.25) is 0 Å². The number of carbonyl (C=O) groups excluding carboxylic acids is 1. The van der Waals surface area contributed by atoms with Crippen LogP contribution in [0.3, 0.4) is 0 Å². The van der Waals surface area contributed by atoms with Crippen molar-refractivity contribution in [2.75, 3.05) is 6.54 Å². The predicted octanol–water partition coefficient (Wildman–Crippen LogP) is 1.80. The molecule has 0 aliphatic carbocycles. The maximum Gasteiger partial charge on any atom is 0.291 e. The first-order valence-electron chi connectivity index (χ1n) is 7.82. The van der Waals surface area contributed by atoms with E-state index in [-0.39, 0.29) is 18.0 Å². The van der Waals surface area contributed by atoms with E-state index in [1.807, 2.05) is 31.4 Å². The molecule has 0 aromatic carbocycles. The summed E-state index contributed by atoms with van der Waals surface area (Å²) in [7, 11) is 0. The third-order valence-electron chi connectivity index (χ3n) is 3.84. The minimum Gasteiger partial charge on any atom is -0.459 e. The van der Waals surface area contributed by atoms with Crippen LogP contribution < -0.4 is 10.9 Å². The third-order valence-corrected chi connectivity index (χ3v) is 3.84. The van der Waals surface area contributed by atoms with E-state index in [9.17, 15) is 9.59 Å². The van der Waals surface area contributed by atoms with Crippen LogP contribution in [0.25, 0.3) is 22.0 Å². The molecule has 0 fully saturated rings. The summed E-state index contributed by atoms with van der Waals surface area (Å²) in [5, 5.41) is 7.57. The molecule has 0 saturated heterocycles. The van der Waals surface area contributed by atoms with Gasteiger partial charge >= 0.3 is 0 Å². The molecule has 0 aliphatic rings. The molecule has 1 N–H and O–H groups in total. The van der Waals surface area contributed by atoms with Gasteiger partial charge in [0.1, 0.15) is 17.8 Å². The van der Waals surface area contributed by atoms with Gasteiger partial charge in [-0.3, -0.25) is 9.59 Å². The van der Waals surface area contributed by atoms with Crippen LogP contribution in [0.4, 0.5) is 0 Å². The molecule has 0 atom stereocenters. The minimum absolute atomic E-state index is 0.0793. The van der Waals surface area contributed by atoms with Crippen LogP contribution >= 0.6 is 0 Å². The van der Waals surface area contributed by atoms with Crippen LogP contribution in [0.5, 0.6) is 0 Å². The lowest BCUT2D eigenvalue weighted by Crippen LogP contribution is -2.34. The molecule has 122 valence electrons. The molecule has 0 radical (unpaired) electrons. The van der Waals surface area contributed by atoms with E-state index in [0.29, 0.717) is 29.6 Å². The molecular formula is C16H20N4O3. The Kier molecular flexibility index (Phi) is 3.94. The van der Waals surface area contributed by atoms with Crippen molar-refractivity contribution in [1.29, 1.82) is 0 Å². The van der Waals surface area contributed by atoms with Gasteiger partial charge in [0, 0.05) is 19.2 Å². The Bertz CT molecular complexity index is 932. The number of hydrogen-bond acceptors (Lipinski definition) is 4. The Morgan fingerprint density at radius 1 is 1.39 bits per heavy atom. The van der Waals surface area contributed by atoms with E-state index in [1.54, 1.807) is 6.20 Å². The van der Waals surface area contributed by atoms with E-state index in [4.69, 9.17) is 4.42 Å². The van der Waals surface area contributed by atoms with Crippen molar-refractivity contribution in [2.45, 2.75) is 40.3 Å². The van der Waals surface area contributed by atoms with Crippen molar-refractivity contribution in [3.63, 3.8) is 0 Å². The molecule has 23 heavy (non-hydrogen) atoms. The molecule has 0 spiro atoms. The molecule has 1 amide bonds. The van der Waals surface area contributed by atoms with E-state index in [2.05, 4.69) is 10.4 Å². The van der Waals surface area contributed by atoms with E-state index in [0.717, 1.165) is 17.7 Å². The summed E-state index contributed by atoms with van der Waals surface area (Å²) in [6.45, 7) is 6.97. The zero-order chi connectivity index (χ0) is 16.6. The van der Waals surface area contributed by atoms with Crippen molar-refractivity contribution in [2.24, 2.45) is 0 Å². The normalized spacial score (nSPS) is 11.4. The third kappa shape index (κ3) is 2.52. The summed E-state index contributed by atoms with van der Waals surface area (Å²) in [5.41, 5.74) is 1.80. The average molecular weight is 316 g/mol. The molecule has 3 aromatic rings. The van der Waals surface area contributed by atoms with Gasteiger partial charge in [-0.2, -0.15) is 5.10 Å². The second-order valence-electron chi connectivity index (χ2n) is 5.54. The maximum atomic E-state index is 12.7. The van der Waals surface area contributed by atoms with Gasteiger partial charge in [0.2, 0.25) is 5.91 Å². The fourth-order valence-electron chi connectivity index (χ4n) is 2.82. The van der Waals surface area contributed by atoms with Gasteiger partial charge in [0.05, 0.1) is 17.1 Å². The fourth-order valence-corrected chi connectivity index (χ4v) is 2.82. The predicted molar refractivity (Wildman–Crippen MR) is 87.5 cm³/mol. The summed E-state index contributed by atoms with van der Waals surface area (Å²) in [6.07, 6.45) is 2.45. The van der Waals surface area contributed by atoms with Gasteiger partial charge < -0.3 is 14.3 Å². The molecule has 7 nitrogen and oxygen atoms in total. The van der Waals surface area contributed by atoms with Crippen LogP contribution in [0, 0.1) is 6.92 Å². The Hall–Kier alpha value is -2.57. The monoisotopic (exact) mass is 316 g/mol. The number of furan rings is 1. The van der Waals surface area contributed by atoms with Gasteiger partial charge in [-0.05, 0) is 20.3 Å². The Labute approximate surface area is 132 Å². The number of fused-ring (bicyclic) bond motifs is 3. The van der Waals surface area contributed by atoms with Crippen molar-refractivity contribution in [3.05, 3.63) is 28.4 Å².